The molecule has 6 heteroatoms. The van der Waals surface area contributed by atoms with Crippen molar-refractivity contribution in [1.82, 2.24) is 4.90 Å². The number of rotatable bonds is 5. The largest absolute Gasteiger partial charge is 0.508 e. The Morgan fingerprint density at radius 3 is 2.25 bits per heavy atom. The third-order valence-electron chi connectivity index (χ3n) is 2.85. The van der Waals surface area contributed by atoms with Crippen LogP contribution in [0.25, 0.3) is 0 Å². The molecule has 0 aliphatic carbocycles. The molecule has 110 valence electrons. The van der Waals surface area contributed by atoms with E-state index in [1.807, 2.05) is 13.8 Å². The lowest BCUT2D eigenvalue weighted by atomic mass is 9.94. The van der Waals surface area contributed by atoms with E-state index in [0.29, 0.717) is 6.54 Å². The molecule has 0 aliphatic heterocycles. The molecule has 0 aromatic heterocycles. The number of benzene rings is 1. The maximum Gasteiger partial charge on any atom is 0.335 e. The maximum atomic E-state index is 12.2. The first-order valence-electron chi connectivity index (χ1n) is 6.10. The number of aromatic carboxylic acids is 1. The Balaban J connectivity index is 3.00. The summed E-state index contributed by atoms with van der Waals surface area (Å²) in [5, 5.41) is 27.6. The zero-order chi connectivity index (χ0) is 15.5. The second-order valence-electron chi connectivity index (χ2n) is 5.56. The molecule has 1 rings (SSSR count). The number of phenols is 1. The number of carboxylic acid groups (broad SMARTS) is 1. The first-order valence-corrected chi connectivity index (χ1v) is 6.10. The molecule has 0 fully saturated rings. The molecule has 3 N–H and O–H groups in total. The van der Waals surface area contributed by atoms with E-state index in [0.717, 1.165) is 6.07 Å². The van der Waals surface area contributed by atoms with Gasteiger partial charge in [-0.3, -0.25) is 4.79 Å². The molecule has 0 bridgehead atoms. The predicted molar refractivity (Wildman–Crippen MR) is 72.9 cm³/mol. The lowest BCUT2D eigenvalue weighted by Crippen LogP contribution is -2.37. The van der Waals surface area contributed by atoms with E-state index >= 15 is 0 Å². The van der Waals surface area contributed by atoms with E-state index in [1.54, 1.807) is 7.05 Å². The minimum atomic E-state index is -1.21. The van der Waals surface area contributed by atoms with Crippen LogP contribution >= 0.6 is 0 Å². The van der Waals surface area contributed by atoms with Crippen LogP contribution in [0.2, 0.25) is 0 Å². The summed E-state index contributed by atoms with van der Waals surface area (Å²) in [7, 11) is 1.56. The van der Waals surface area contributed by atoms with Crippen LogP contribution in [-0.2, 0) is 0 Å². The highest BCUT2D eigenvalue weighted by Crippen LogP contribution is 2.20. The lowest BCUT2D eigenvalue weighted by Gasteiger charge is -2.28. The smallest absolute Gasteiger partial charge is 0.335 e. The molecule has 0 saturated carbocycles. The van der Waals surface area contributed by atoms with Crippen molar-refractivity contribution in [3.05, 3.63) is 29.3 Å². The number of carbonyl (C=O) groups excluding carboxylic acids is 1. The molecule has 0 heterocycles. The minimum absolute atomic E-state index is 0.0783. The van der Waals surface area contributed by atoms with Gasteiger partial charge in [0.25, 0.3) is 5.91 Å². The molecule has 0 radical (unpaired) electrons. The van der Waals surface area contributed by atoms with E-state index in [2.05, 4.69) is 0 Å². The number of aliphatic hydroxyl groups is 1. The summed E-state index contributed by atoms with van der Waals surface area (Å²) < 4.78 is 0. The number of carboxylic acids is 1. The van der Waals surface area contributed by atoms with Crippen LogP contribution in [-0.4, -0.2) is 52.3 Å². The van der Waals surface area contributed by atoms with Crippen molar-refractivity contribution < 1.29 is 24.9 Å². The second-order valence-corrected chi connectivity index (χ2v) is 5.56. The van der Waals surface area contributed by atoms with Crippen LogP contribution in [0.5, 0.6) is 5.75 Å². The summed E-state index contributed by atoms with van der Waals surface area (Å²) in [6.07, 6.45) is 0. The normalized spacial score (nSPS) is 11.2. The lowest BCUT2D eigenvalue weighted by molar-refractivity contribution is 0.0663. The first-order chi connectivity index (χ1) is 9.16. The summed E-state index contributed by atoms with van der Waals surface area (Å²) >= 11 is 0. The number of carbonyl (C=O) groups is 2. The molecule has 1 aromatic carbocycles. The SMILES string of the molecule is CN(CC(C)(C)CO)C(=O)c1cc(O)cc(C(=O)O)c1. The third kappa shape index (κ3) is 3.96. The number of hydrogen-bond acceptors (Lipinski definition) is 4. The van der Waals surface area contributed by atoms with Crippen LogP contribution in [0.15, 0.2) is 18.2 Å². The molecule has 6 nitrogen and oxygen atoms in total. The molecule has 1 aromatic rings. The van der Waals surface area contributed by atoms with E-state index < -0.39 is 17.3 Å². The van der Waals surface area contributed by atoms with Crippen LogP contribution < -0.4 is 0 Å². The Labute approximate surface area is 117 Å². The molecular weight excluding hydrogens is 262 g/mol. The third-order valence-corrected chi connectivity index (χ3v) is 2.85. The molecule has 0 saturated heterocycles. The van der Waals surface area contributed by atoms with Gasteiger partial charge in [-0.15, -0.1) is 0 Å². The Bertz CT molecular complexity index is 524. The number of aliphatic hydroxyl groups excluding tert-OH is 1. The average Bonchev–Trinajstić information content (AvgIpc) is 2.36. The van der Waals surface area contributed by atoms with Crippen molar-refractivity contribution in [3.63, 3.8) is 0 Å². The van der Waals surface area contributed by atoms with Crippen molar-refractivity contribution in [1.29, 1.82) is 0 Å². The number of nitrogens with zero attached hydrogens (tertiary/aromatic N) is 1. The molecule has 0 spiro atoms. The summed E-state index contributed by atoms with van der Waals surface area (Å²) in [5.41, 5.74) is -0.515. The van der Waals surface area contributed by atoms with Gasteiger partial charge < -0.3 is 20.2 Å². The molecular formula is C14H19NO5. The van der Waals surface area contributed by atoms with Crippen molar-refractivity contribution in [3.8, 4) is 5.75 Å². The van der Waals surface area contributed by atoms with Gasteiger partial charge in [0, 0.05) is 31.2 Å². The highest BCUT2D eigenvalue weighted by molar-refractivity contribution is 5.98. The fourth-order valence-electron chi connectivity index (χ4n) is 1.84. The Morgan fingerprint density at radius 1 is 1.20 bits per heavy atom. The van der Waals surface area contributed by atoms with Gasteiger partial charge in [-0.2, -0.15) is 0 Å². The number of amides is 1. The fourth-order valence-corrected chi connectivity index (χ4v) is 1.84. The molecule has 0 atom stereocenters. The predicted octanol–water partition coefficient (Wildman–Crippen LogP) is 1.18. The second kappa shape index (κ2) is 5.92. The number of hydrogen-bond donors (Lipinski definition) is 3. The summed E-state index contributed by atoms with van der Waals surface area (Å²) in [4.78, 5) is 24.5. The monoisotopic (exact) mass is 281 g/mol. The van der Waals surface area contributed by atoms with Gasteiger partial charge in [0.05, 0.1) is 5.56 Å². The number of phenolic OH excluding ortho intramolecular Hbond substituents is 1. The van der Waals surface area contributed by atoms with Crippen molar-refractivity contribution in [2.75, 3.05) is 20.2 Å². The minimum Gasteiger partial charge on any atom is -0.508 e. The highest BCUT2D eigenvalue weighted by atomic mass is 16.4. The Morgan fingerprint density at radius 2 is 1.75 bits per heavy atom. The van der Waals surface area contributed by atoms with Gasteiger partial charge in [0.2, 0.25) is 0 Å². The van der Waals surface area contributed by atoms with Crippen molar-refractivity contribution in [2.24, 2.45) is 5.41 Å². The zero-order valence-electron chi connectivity index (χ0n) is 11.8. The fraction of sp³-hybridized carbons (Fsp3) is 0.429. The average molecular weight is 281 g/mol. The van der Waals surface area contributed by atoms with Crippen molar-refractivity contribution in [2.45, 2.75) is 13.8 Å². The highest BCUT2D eigenvalue weighted by Gasteiger charge is 2.23. The summed E-state index contributed by atoms with van der Waals surface area (Å²) in [6, 6.07) is 3.51. The van der Waals surface area contributed by atoms with Gasteiger partial charge in [-0.1, -0.05) is 13.8 Å². The van der Waals surface area contributed by atoms with Gasteiger partial charge in [0.15, 0.2) is 0 Å². The van der Waals surface area contributed by atoms with Gasteiger partial charge in [-0.25, -0.2) is 4.79 Å². The van der Waals surface area contributed by atoms with Crippen LogP contribution in [0.3, 0.4) is 0 Å². The Hall–Kier alpha value is -2.08. The quantitative estimate of drug-likeness (QED) is 0.753. The van der Waals surface area contributed by atoms with E-state index in [1.165, 1.54) is 17.0 Å². The van der Waals surface area contributed by atoms with E-state index in [9.17, 15) is 19.8 Å². The van der Waals surface area contributed by atoms with Gasteiger partial charge >= 0.3 is 5.97 Å². The topological polar surface area (TPSA) is 98.1 Å². The number of aromatic hydroxyl groups is 1. The molecule has 0 unspecified atom stereocenters. The van der Waals surface area contributed by atoms with E-state index in [-0.39, 0.29) is 23.5 Å². The Kier molecular flexibility index (Phi) is 4.73. The molecule has 1 amide bonds. The molecule has 20 heavy (non-hydrogen) atoms. The van der Waals surface area contributed by atoms with Crippen LogP contribution in [0, 0.1) is 5.41 Å². The summed E-state index contributed by atoms with van der Waals surface area (Å²) in [5.74, 6) is -1.90. The van der Waals surface area contributed by atoms with E-state index in [4.69, 9.17) is 5.11 Å². The zero-order valence-corrected chi connectivity index (χ0v) is 11.8. The molecule has 0 aliphatic rings. The van der Waals surface area contributed by atoms with Crippen LogP contribution in [0.1, 0.15) is 34.6 Å². The standard InChI is InChI=1S/C14H19NO5/c1-14(2,8-16)7-15(3)12(18)9-4-10(13(19)20)6-11(17)5-9/h4-6,16-17H,7-8H2,1-3H3,(H,19,20). The first kappa shape index (κ1) is 16.0. The van der Waals surface area contributed by atoms with Crippen molar-refractivity contribution >= 4 is 11.9 Å². The van der Waals surface area contributed by atoms with Gasteiger partial charge in [0.1, 0.15) is 5.75 Å². The van der Waals surface area contributed by atoms with Crippen LogP contribution in [0.4, 0.5) is 0 Å². The maximum absolute atomic E-state index is 12.2. The summed E-state index contributed by atoms with van der Waals surface area (Å²) in [6.45, 7) is 3.84. The van der Waals surface area contributed by atoms with Gasteiger partial charge in [-0.05, 0) is 18.2 Å².